The van der Waals surface area contributed by atoms with Crippen molar-refractivity contribution in [3.05, 3.63) is 58.6 Å². The van der Waals surface area contributed by atoms with Crippen LogP contribution in [0.1, 0.15) is 11.1 Å². The normalized spacial score (nSPS) is 10.6. The SMILES string of the molecule is COCCc1ccc(Oc2ccc(CN)cc2Cl)cc1. The highest BCUT2D eigenvalue weighted by molar-refractivity contribution is 6.32. The Bertz CT molecular complexity index is 555. The molecule has 0 saturated carbocycles. The van der Waals surface area contributed by atoms with Crippen molar-refractivity contribution in [3.8, 4) is 11.5 Å². The molecule has 0 spiro atoms. The van der Waals surface area contributed by atoms with Gasteiger partial charge in [0, 0.05) is 13.7 Å². The van der Waals surface area contributed by atoms with Crippen LogP contribution in [0.25, 0.3) is 0 Å². The summed E-state index contributed by atoms with van der Waals surface area (Å²) in [5.41, 5.74) is 7.76. The van der Waals surface area contributed by atoms with Crippen LogP contribution < -0.4 is 10.5 Å². The second kappa shape index (κ2) is 7.29. The highest BCUT2D eigenvalue weighted by Gasteiger charge is 2.04. The van der Waals surface area contributed by atoms with Crippen LogP contribution in [-0.2, 0) is 17.7 Å². The summed E-state index contributed by atoms with van der Waals surface area (Å²) in [4.78, 5) is 0. The average molecular weight is 292 g/mol. The number of benzene rings is 2. The Kier molecular flexibility index (Phi) is 5.41. The van der Waals surface area contributed by atoms with Crippen molar-refractivity contribution in [1.82, 2.24) is 0 Å². The van der Waals surface area contributed by atoms with Gasteiger partial charge in [0.1, 0.15) is 11.5 Å². The lowest BCUT2D eigenvalue weighted by Crippen LogP contribution is -1.96. The van der Waals surface area contributed by atoms with Gasteiger partial charge in [-0.05, 0) is 41.8 Å². The van der Waals surface area contributed by atoms with Gasteiger partial charge in [-0.1, -0.05) is 29.8 Å². The van der Waals surface area contributed by atoms with Gasteiger partial charge in [0.2, 0.25) is 0 Å². The third-order valence-electron chi connectivity index (χ3n) is 2.98. The van der Waals surface area contributed by atoms with Crippen LogP contribution in [0.2, 0.25) is 5.02 Å². The highest BCUT2D eigenvalue weighted by Crippen LogP contribution is 2.30. The van der Waals surface area contributed by atoms with E-state index in [1.807, 2.05) is 42.5 Å². The predicted octanol–water partition coefficient (Wildman–Crippen LogP) is 3.78. The average Bonchev–Trinajstić information content (AvgIpc) is 2.48. The maximum atomic E-state index is 6.16. The maximum absolute atomic E-state index is 6.16. The molecule has 0 amide bonds. The van der Waals surface area contributed by atoms with Crippen molar-refractivity contribution in [2.45, 2.75) is 13.0 Å². The molecule has 0 atom stereocenters. The molecule has 0 aliphatic carbocycles. The Labute approximate surface area is 124 Å². The van der Waals surface area contributed by atoms with Crippen LogP contribution >= 0.6 is 11.6 Å². The zero-order valence-corrected chi connectivity index (χ0v) is 12.2. The first-order valence-electron chi connectivity index (χ1n) is 6.47. The summed E-state index contributed by atoms with van der Waals surface area (Å²) < 4.78 is 10.8. The minimum Gasteiger partial charge on any atom is -0.456 e. The Hall–Kier alpha value is -1.55. The minimum absolute atomic E-state index is 0.466. The standard InChI is InChI=1S/C16H18ClNO2/c1-19-9-8-12-2-5-14(6-3-12)20-16-7-4-13(11-18)10-15(16)17/h2-7,10H,8-9,11,18H2,1H3. The van der Waals surface area contributed by atoms with Crippen LogP contribution in [0.3, 0.4) is 0 Å². The van der Waals surface area contributed by atoms with Crippen LogP contribution in [-0.4, -0.2) is 13.7 Å². The molecule has 106 valence electrons. The topological polar surface area (TPSA) is 44.5 Å². The number of hydrogen-bond donors (Lipinski definition) is 1. The first-order chi connectivity index (χ1) is 9.72. The lowest BCUT2D eigenvalue weighted by molar-refractivity contribution is 0.202. The first-order valence-corrected chi connectivity index (χ1v) is 6.85. The van der Waals surface area contributed by atoms with Gasteiger partial charge >= 0.3 is 0 Å². The molecule has 2 aromatic rings. The molecule has 0 bridgehead atoms. The van der Waals surface area contributed by atoms with Crippen molar-refractivity contribution < 1.29 is 9.47 Å². The molecule has 4 heteroatoms. The molecular formula is C16H18ClNO2. The summed E-state index contributed by atoms with van der Waals surface area (Å²) in [6, 6.07) is 13.5. The molecule has 0 fully saturated rings. The van der Waals surface area contributed by atoms with E-state index in [4.69, 9.17) is 26.8 Å². The fourth-order valence-electron chi connectivity index (χ4n) is 1.83. The predicted molar refractivity (Wildman–Crippen MR) is 81.4 cm³/mol. The van der Waals surface area contributed by atoms with Crippen molar-refractivity contribution in [2.75, 3.05) is 13.7 Å². The van der Waals surface area contributed by atoms with Gasteiger partial charge in [0.05, 0.1) is 11.6 Å². The zero-order valence-electron chi connectivity index (χ0n) is 11.4. The number of halogens is 1. The molecule has 3 nitrogen and oxygen atoms in total. The monoisotopic (exact) mass is 291 g/mol. The molecule has 2 rings (SSSR count). The van der Waals surface area contributed by atoms with Gasteiger partial charge < -0.3 is 15.2 Å². The smallest absolute Gasteiger partial charge is 0.146 e. The number of methoxy groups -OCH3 is 1. The molecular weight excluding hydrogens is 274 g/mol. The van der Waals surface area contributed by atoms with Crippen LogP contribution in [0.4, 0.5) is 0 Å². The zero-order chi connectivity index (χ0) is 14.4. The number of ether oxygens (including phenoxy) is 2. The van der Waals surface area contributed by atoms with E-state index in [1.165, 1.54) is 5.56 Å². The third-order valence-corrected chi connectivity index (χ3v) is 3.27. The van der Waals surface area contributed by atoms with Gasteiger partial charge in [0.25, 0.3) is 0 Å². The van der Waals surface area contributed by atoms with Crippen molar-refractivity contribution in [3.63, 3.8) is 0 Å². The summed E-state index contributed by atoms with van der Waals surface area (Å²) >= 11 is 6.16. The minimum atomic E-state index is 0.466. The van der Waals surface area contributed by atoms with Crippen molar-refractivity contribution >= 4 is 11.6 Å². The van der Waals surface area contributed by atoms with E-state index in [0.717, 1.165) is 17.7 Å². The molecule has 2 aromatic carbocycles. The van der Waals surface area contributed by atoms with Gasteiger partial charge in [0.15, 0.2) is 0 Å². The number of hydrogen-bond acceptors (Lipinski definition) is 3. The van der Waals surface area contributed by atoms with Gasteiger partial charge in [-0.3, -0.25) is 0 Å². The summed E-state index contributed by atoms with van der Waals surface area (Å²) in [5.74, 6) is 1.39. The van der Waals surface area contributed by atoms with E-state index in [2.05, 4.69) is 0 Å². The molecule has 0 heterocycles. The van der Waals surface area contributed by atoms with Gasteiger partial charge in [-0.2, -0.15) is 0 Å². The Balaban J connectivity index is 2.06. The Morgan fingerprint density at radius 3 is 2.35 bits per heavy atom. The second-order valence-electron chi connectivity index (χ2n) is 4.46. The fourth-order valence-corrected chi connectivity index (χ4v) is 2.07. The number of rotatable bonds is 6. The Morgan fingerprint density at radius 1 is 1.05 bits per heavy atom. The van der Waals surface area contributed by atoms with E-state index >= 15 is 0 Å². The molecule has 0 aliphatic heterocycles. The quantitative estimate of drug-likeness (QED) is 0.881. The fraction of sp³-hybridized carbons (Fsp3) is 0.250. The summed E-state index contributed by atoms with van der Waals surface area (Å²) in [7, 11) is 1.70. The third kappa shape index (κ3) is 3.97. The number of nitrogens with two attached hydrogens (primary N) is 1. The lowest BCUT2D eigenvalue weighted by Gasteiger charge is -2.09. The summed E-state index contributed by atoms with van der Waals surface area (Å²) in [6.45, 7) is 1.18. The van der Waals surface area contributed by atoms with Crippen LogP contribution in [0, 0.1) is 0 Å². The molecule has 0 radical (unpaired) electrons. The first kappa shape index (κ1) is 14.9. The molecule has 0 unspecified atom stereocenters. The van der Waals surface area contributed by atoms with E-state index in [0.29, 0.717) is 23.9 Å². The van der Waals surface area contributed by atoms with Crippen LogP contribution in [0.15, 0.2) is 42.5 Å². The largest absolute Gasteiger partial charge is 0.456 e. The van der Waals surface area contributed by atoms with Crippen LogP contribution in [0.5, 0.6) is 11.5 Å². The molecule has 0 aliphatic rings. The maximum Gasteiger partial charge on any atom is 0.146 e. The van der Waals surface area contributed by atoms with Gasteiger partial charge in [-0.25, -0.2) is 0 Å². The van der Waals surface area contributed by atoms with Crippen molar-refractivity contribution in [2.24, 2.45) is 5.73 Å². The van der Waals surface area contributed by atoms with E-state index in [1.54, 1.807) is 7.11 Å². The van der Waals surface area contributed by atoms with Gasteiger partial charge in [-0.15, -0.1) is 0 Å². The second-order valence-corrected chi connectivity index (χ2v) is 4.86. The molecule has 20 heavy (non-hydrogen) atoms. The van der Waals surface area contributed by atoms with Crippen molar-refractivity contribution in [1.29, 1.82) is 0 Å². The highest BCUT2D eigenvalue weighted by atomic mass is 35.5. The summed E-state index contributed by atoms with van der Waals surface area (Å²) in [6.07, 6.45) is 0.892. The van der Waals surface area contributed by atoms with E-state index < -0.39 is 0 Å². The van der Waals surface area contributed by atoms with E-state index in [-0.39, 0.29) is 0 Å². The summed E-state index contributed by atoms with van der Waals surface area (Å²) in [5, 5.41) is 0.566. The van der Waals surface area contributed by atoms with E-state index in [9.17, 15) is 0 Å². The lowest BCUT2D eigenvalue weighted by atomic mass is 10.1. The molecule has 0 saturated heterocycles. The Morgan fingerprint density at radius 2 is 1.75 bits per heavy atom. The molecule has 2 N–H and O–H groups in total. The molecule has 0 aromatic heterocycles.